The molecule has 1 amide bonds. The van der Waals surface area contributed by atoms with E-state index in [2.05, 4.69) is 15.2 Å². The van der Waals surface area contributed by atoms with Crippen molar-refractivity contribution < 1.29 is 9.53 Å². The maximum atomic E-state index is 12.5. The van der Waals surface area contributed by atoms with E-state index in [1.165, 1.54) is 19.3 Å². The van der Waals surface area contributed by atoms with Gasteiger partial charge in [-0.25, -0.2) is 0 Å². The van der Waals surface area contributed by atoms with E-state index in [1.807, 2.05) is 18.2 Å². The number of nitrogens with one attached hydrogen (secondary N) is 1. The average molecular weight is 354 g/mol. The summed E-state index contributed by atoms with van der Waals surface area (Å²) in [6.07, 6.45) is 5.46. The van der Waals surface area contributed by atoms with E-state index < -0.39 is 0 Å². The van der Waals surface area contributed by atoms with Gasteiger partial charge in [0.1, 0.15) is 5.69 Å². The van der Waals surface area contributed by atoms with Gasteiger partial charge < -0.3 is 20.7 Å². The SMILES string of the molecule is COc1c(N)ccnc1-c1cccc(C(=O)NCCN2CCCCC2)c1. The van der Waals surface area contributed by atoms with E-state index in [-0.39, 0.29) is 5.91 Å². The Balaban J connectivity index is 1.67. The first-order valence-corrected chi connectivity index (χ1v) is 9.08. The number of carbonyl (C=O) groups excluding carboxylic acids is 1. The van der Waals surface area contributed by atoms with Crippen molar-refractivity contribution in [3.63, 3.8) is 0 Å². The minimum absolute atomic E-state index is 0.0771. The number of nitrogens with zero attached hydrogens (tertiary/aromatic N) is 2. The Labute approximate surface area is 154 Å². The van der Waals surface area contributed by atoms with E-state index in [0.29, 0.717) is 29.2 Å². The molecule has 6 nitrogen and oxygen atoms in total. The molecule has 26 heavy (non-hydrogen) atoms. The summed E-state index contributed by atoms with van der Waals surface area (Å²) in [4.78, 5) is 19.3. The van der Waals surface area contributed by atoms with Crippen molar-refractivity contribution in [2.75, 3.05) is 39.0 Å². The van der Waals surface area contributed by atoms with Gasteiger partial charge in [-0.3, -0.25) is 9.78 Å². The Morgan fingerprint density at radius 3 is 2.85 bits per heavy atom. The largest absolute Gasteiger partial charge is 0.492 e. The topological polar surface area (TPSA) is 80.5 Å². The van der Waals surface area contributed by atoms with Crippen LogP contribution < -0.4 is 15.8 Å². The monoisotopic (exact) mass is 354 g/mol. The third-order valence-corrected chi connectivity index (χ3v) is 4.70. The summed E-state index contributed by atoms with van der Waals surface area (Å²) in [5.41, 5.74) is 8.52. The number of hydrogen-bond donors (Lipinski definition) is 2. The van der Waals surface area contributed by atoms with Crippen molar-refractivity contribution in [2.45, 2.75) is 19.3 Å². The smallest absolute Gasteiger partial charge is 0.251 e. The lowest BCUT2D eigenvalue weighted by Gasteiger charge is -2.26. The summed E-state index contributed by atoms with van der Waals surface area (Å²) >= 11 is 0. The predicted octanol–water partition coefficient (Wildman–Crippen LogP) is 2.56. The zero-order valence-corrected chi connectivity index (χ0v) is 15.2. The molecule has 1 aromatic heterocycles. The first-order valence-electron chi connectivity index (χ1n) is 9.08. The highest BCUT2D eigenvalue weighted by Crippen LogP contribution is 2.32. The molecule has 138 valence electrons. The summed E-state index contributed by atoms with van der Waals surface area (Å²) in [5.74, 6) is 0.446. The van der Waals surface area contributed by atoms with Gasteiger partial charge in [-0.15, -0.1) is 0 Å². The molecule has 2 aromatic rings. The van der Waals surface area contributed by atoms with Crippen LogP contribution in [0.15, 0.2) is 36.5 Å². The van der Waals surface area contributed by atoms with Gasteiger partial charge in [0.25, 0.3) is 5.91 Å². The van der Waals surface area contributed by atoms with Gasteiger partial charge >= 0.3 is 0 Å². The number of ether oxygens (including phenoxy) is 1. The highest BCUT2D eigenvalue weighted by Gasteiger charge is 2.14. The molecule has 1 aliphatic rings. The summed E-state index contributed by atoms with van der Waals surface area (Å²) < 4.78 is 5.37. The normalized spacial score (nSPS) is 14.8. The van der Waals surface area contributed by atoms with Crippen LogP contribution >= 0.6 is 0 Å². The Kier molecular flexibility index (Phi) is 6.07. The van der Waals surface area contributed by atoms with E-state index in [4.69, 9.17) is 10.5 Å². The molecule has 1 aromatic carbocycles. The first-order chi connectivity index (χ1) is 12.7. The fraction of sp³-hybridized carbons (Fsp3) is 0.400. The minimum atomic E-state index is -0.0771. The van der Waals surface area contributed by atoms with Gasteiger partial charge in [0.2, 0.25) is 0 Å². The Bertz CT molecular complexity index is 757. The maximum absolute atomic E-state index is 12.5. The van der Waals surface area contributed by atoms with Gasteiger partial charge in [-0.1, -0.05) is 18.6 Å². The minimum Gasteiger partial charge on any atom is -0.492 e. The number of nitrogen functional groups attached to an aromatic ring is 1. The lowest BCUT2D eigenvalue weighted by molar-refractivity contribution is 0.0946. The molecule has 0 saturated carbocycles. The van der Waals surface area contributed by atoms with Crippen LogP contribution in [0.2, 0.25) is 0 Å². The highest BCUT2D eigenvalue weighted by atomic mass is 16.5. The maximum Gasteiger partial charge on any atom is 0.251 e. The Morgan fingerprint density at radius 1 is 1.27 bits per heavy atom. The first kappa shape index (κ1) is 18.2. The van der Waals surface area contributed by atoms with Crippen LogP contribution in [0.1, 0.15) is 29.6 Å². The molecule has 3 N–H and O–H groups in total. The van der Waals surface area contributed by atoms with Gasteiger partial charge in [-0.05, 0) is 44.1 Å². The number of pyridine rings is 1. The van der Waals surface area contributed by atoms with Crippen molar-refractivity contribution in [3.05, 3.63) is 42.1 Å². The van der Waals surface area contributed by atoms with E-state index in [0.717, 1.165) is 25.2 Å². The van der Waals surface area contributed by atoms with E-state index >= 15 is 0 Å². The number of piperidine rings is 1. The van der Waals surface area contributed by atoms with Crippen molar-refractivity contribution >= 4 is 11.6 Å². The number of rotatable bonds is 6. The number of amides is 1. The van der Waals surface area contributed by atoms with Crippen LogP contribution in [0.5, 0.6) is 5.75 Å². The highest BCUT2D eigenvalue weighted by molar-refractivity contribution is 5.95. The molecule has 0 spiro atoms. The predicted molar refractivity (Wildman–Crippen MR) is 103 cm³/mol. The zero-order chi connectivity index (χ0) is 18.4. The van der Waals surface area contributed by atoms with Crippen LogP contribution in [0.3, 0.4) is 0 Å². The number of methoxy groups -OCH3 is 1. The molecule has 0 atom stereocenters. The Hall–Kier alpha value is -2.60. The molecule has 0 radical (unpaired) electrons. The fourth-order valence-electron chi connectivity index (χ4n) is 3.30. The van der Waals surface area contributed by atoms with Crippen LogP contribution in [-0.2, 0) is 0 Å². The summed E-state index contributed by atoms with van der Waals surface area (Å²) in [6.45, 7) is 3.82. The number of nitrogens with two attached hydrogens (primary N) is 1. The third-order valence-electron chi connectivity index (χ3n) is 4.70. The molecule has 0 bridgehead atoms. The molecule has 1 fully saturated rings. The third kappa shape index (κ3) is 4.32. The van der Waals surface area contributed by atoms with Gasteiger partial charge in [-0.2, -0.15) is 0 Å². The molecule has 0 unspecified atom stereocenters. The molecular formula is C20H26N4O2. The number of carbonyl (C=O) groups is 1. The van der Waals surface area contributed by atoms with Crippen LogP contribution in [0, 0.1) is 0 Å². The number of anilines is 1. The van der Waals surface area contributed by atoms with E-state index in [9.17, 15) is 4.79 Å². The van der Waals surface area contributed by atoms with Crippen LogP contribution in [-0.4, -0.2) is 49.1 Å². The average Bonchev–Trinajstić information content (AvgIpc) is 2.68. The standard InChI is InChI=1S/C20H26N4O2/c1-26-19-17(21)8-9-22-18(19)15-6-5-7-16(14-15)20(25)23-10-13-24-11-3-2-4-12-24/h5-9,14H,2-4,10-13H2,1H3,(H2,21,22)(H,23,25). The van der Waals surface area contributed by atoms with Crippen molar-refractivity contribution in [1.82, 2.24) is 15.2 Å². The lowest BCUT2D eigenvalue weighted by Crippen LogP contribution is -2.37. The van der Waals surface area contributed by atoms with Crippen molar-refractivity contribution in [2.24, 2.45) is 0 Å². The summed E-state index contributed by atoms with van der Waals surface area (Å²) in [5, 5.41) is 3.01. The zero-order valence-electron chi connectivity index (χ0n) is 15.2. The number of aromatic nitrogens is 1. The second-order valence-corrected chi connectivity index (χ2v) is 6.52. The van der Waals surface area contributed by atoms with Crippen molar-refractivity contribution in [3.8, 4) is 17.0 Å². The molecule has 3 rings (SSSR count). The number of likely N-dealkylation sites (tertiary alicyclic amines) is 1. The molecule has 1 aliphatic heterocycles. The second kappa shape index (κ2) is 8.67. The van der Waals surface area contributed by atoms with Crippen molar-refractivity contribution in [1.29, 1.82) is 0 Å². The number of hydrogen-bond acceptors (Lipinski definition) is 5. The Morgan fingerprint density at radius 2 is 2.08 bits per heavy atom. The van der Waals surface area contributed by atoms with Crippen LogP contribution in [0.25, 0.3) is 11.3 Å². The van der Waals surface area contributed by atoms with Crippen LogP contribution in [0.4, 0.5) is 5.69 Å². The summed E-state index contributed by atoms with van der Waals surface area (Å²) in [6, 6.07) is 9.06. The van der Waals surface area contributed by atoms with E-state index in [1.54, 1.807) is 25.4 Å². The van der Waals surface area contributed by atoms with Gasteiger partial charge in [0.05, 0.1) is 12.8 Å². The fourth-order valence-corrected chi connectivity index (χ4v) is 3.30. The second-order valence-electron chi connectivity index (χ2n) is 6.52. The molecular weight excluding hydrogens is 328 g/mol. The quantitative estimate of drug-likeness (QED) is 0.833. The molecule has 0 aliphatic carbocycles. The summed E-state index contributed by atoms with van der Waals surface area (Å²) in [7, 11) is 1.56. The lowest BCUT2D eigenvalue weighted by atomic mass is 10.1. The molecule has 1 saturated heterocycles. The molecule has 6 heteroatoms. The van der Waals surface area contributed by atoms with Gasteiger partial charge in [0.15, 0.2) is 5.75 Å². The molecule has 2 heterocycles. The number of benzene rings is 1. The van der Waals surface area contributed by atoms with Gasteiger partial charge in [0, 0.05) is 30.4 Å².